The number of carboxylic acids is 1. The van der Waals surface area contributed by atoms with E-state index in [0.717, 1.165) is 0 Å². The number of hydrogen-bond acceptors (Lipinski definition) is 5. The highest BCUT2D eigenvalue weighted by atomic mass is 16.4. The molecule has 0 fully saturated rings. The normalized spacial score (nSPS) is 14.5. The Labute approximate surface area is 154 Å². The van der Waals surface area contributed by atoms with E-state index in [-0.39, 0.29) is 18.4 Å². The van der Waals surface area contributed by atoms with Gasteiger partial charge in [-0.1, -0.05) is 27.7 Å². The number of carbonyl (C=O) groups excluding carboxylic acids is 3. The van der Waals surface area contributed by atoms with Crippen LogP contribution in [0, 0.1) is 11.8 Å². The summed E-state index contributed by atoms with van der Waals surface area (Å²) in [6.45, 7) is 8.66. The first-order valence-electron chi connectivity index (χ1n) is 8.79. The number of rotatable bonds is 11. The SMILES string of the molecule is CC(C)C[C@H](NC(=O)CNC(=O)[C@@H](N)CC(C)C)C(=O)N[C@@H](C)C(=O)O. The van der Waals surface area contributed by atoms with E-state index < -0.39 is 41.8 Å². The molecule has 150 valence electrons. The van der Waals surface area contributed by atoms with Crippen molar-refractivity contribution in [2.24, 2.45) is 17.6 Å². The zero-order chi connectivity index (χ0) is 20.4. The maximum absolute atomic E-state index is 12.2. The van der Waals surface area contributed by atoms with Crippen molar-refractivity contribution in [1.29, 1.82) is 0 Å². The highest BCUT2D eigenvalue weighted by molar-refractivity contribution is 5.92. The van der Waals surface area contributed by atoms with Gasteiger partial charge in [-0.3, -0.25) is 19.2 Å². The molecule has 0 spiro atoms. The molecule has 3 atom stereocenters. The fourth-order valence-electron chi connectivity index (χ4n) is 2.24. The van der Waals surface area contributed by atoms with Crippen LogP contribution in [0.25, 0.3) is 0 Å². The second-order valence-electron chi connectivity index (χ2n) is 7.27. The number of hydrogen-bond donors (Lipinski definition) is 5. The van der Waals surface area contributed by atoms with E-state index in [9.17, 15) is 19.2 Å². The van der Waals surface area contributed by atoms with Gasteiger partial charge >= 0.3 is 5.97 Å². The molecule has 0 aromatic carbocycles. The Hall–Kier alpha value is -2.16. The summed E-state index contributed by atoms with van der Waals surface area (Å²) in [7, 11) is 0. The quantitative estimate of drug-likeness (QED) is 0.333. The van der Waals surface area contributed by atoms with Crippen LogP contribution in [0.3, 0.4) is 0 Å². The predicted octanol–water partition coefficient (Wildman–Crippen LogP) is -0.404. The minimum Gasteiger partial charge on any atom is -0.480 e. The second kappa shape index (κ2) is 11.5. The van der Waals surface area contributed by atoms with Gasteiger partial charge in [-0.15, -0.1) is 0 Å². The highest BCUT2D eigenvalue weighted by Crippen LogP contribution is 2.06. The summed E-state index contributed by atoms with van der Waals surface area (Å²) in [6, 6.07) is -2.65. The third-order valence-electron chi connectivity index (χ3n) is 3.57. The Bertz CT molecular complexity index is 507. The molecule has 0 rings (SSSR count). The number of carbonyl (C=O) groups is 4. The fourth-order valence-corrected chi connectivity index (χ4v) is 2.24. The van der Waals surface area contributed by atoms with Crippen LogP contribution in [0.1, 0.15) is 47.5 Å². The maximum Gasteiger partial charge on any atom is 0.325 e. The van der Waals surface area contributed by atoms with Gasteiger partial charge < -0.3 is 26.8 Å². The van der Waals surface area contributed by atoms with Crippen LogP contribution < -0.4 is 21.7 Å². The van der Waals surface area contributed by atoms with Gasteiger partial charge in [0.15, 0.2) is 0 Å². The van der Waals surface area contributed by atoms with E-state index in [1.165, 1.54) is 6.92 Å². The van der Waals surface area contributed by atoms with E-state index in [2.05, 4.69) is 16.0 Å². The molecule has 6 N–H and O–H groups in total. The monoisotopic (exact) mass is 372 g/mol. The molecule has 0 aromatic rings. The van der Waals surface area contributed by atoms with Gasteiger partial charge in [0.05, 0.1) is 12.6 Å². The Balaban J connectivity index is 4.66. The Morgan fingerprint density at radius 1 is 0.885 bits per heavy atom. The van der Waals surface area contributed by atoms with Crippen molar-refractivity contribution in [3.05, 3.63) is 0 Å². The molecule has 0 aliphatic heterocycles. The van der Waals surface area contributed by atoms with E-state index in [1.54, 1.807) is 0 Å². The summed E-state index contributed by atoms with van der Waals surface area (Å²) in [6.07, 6.45) is 0.837. The molecule has 26 heavy (non-hydrogen) atoms. The fraction of sp³-hybridized carbons (Fsp3) is 0.765. The average Bonchev–Trinajstić information content (AvgIpc) is 2.50. The van der Waals surface area contributed by atoms with Crippen LogP contribution in [0.5, 0.6) is 0 Å². The number of nitrogens with one attached hydrogen (secondary N) is 3. The lowest BCUT2D eigenvalue weighted by Crippen LogP contribution is -2.53. The molecule has 0 saturated carbocycles. The molecule has 0 unspecified atom stereocenters. The van der Waals surface area contributed by atoms with Crippen LogP contribution in [-0.2, 0) is 19.2 Å². The first kappa shape index (κ1) is 23.8. The average molecular weight is 372 g/mol. The molecule has 0 radical (unpaired) electrons. The van der Waals surface area contributed by atoms with Crippen molar-refractivity contribution in [2.45, 2.75) is 65.6 Å². The van der Waals surface area contributed by atoms with Gasteiger partial charge in [0.2, 0.25) is 17.7 Å². The first-order chi connectivity index (χ1) is 11.9. The summed E-state index contributed by atoms with van der Waals surface area (Å²) in [5.74, 6) is -2.37. The van der Waals surface area contributed by atoms with Gasteiger partial charge in [-0.25, -0.2) is 0 Å². The van der Waals surface area contributed by atoms with E-state index >= 15 is 0 Å². The molecule has 0 aromatic heterocycles. The molecule has 0 bridgehead atoms. The van der Waals surface area contributed by atoms with Crippen molar-refractivity contribution < 1.29 is 24.3 Å². The first-order valence-corrected chi connectivity index (χ1v) is 8.79. The zero-order valence-electron chi connectivity index (χ0n) is 16.2. The molecule has 0 heterocycles. The zero-order valence-corrected chi connectivity index (χ0v) is 16.2. The molecular formula is C17H32N4O5. The van der Waals surface area contributed by atoms with E-state index in [0.29, 0.717) is 12.8 Å². The van der Waals surface area contributed by atoms with Crippen molar-refractivity contribution >= 4 is 23.7 Å². The third-order valence-corrected chi connectivity index (χ3v) is 3.57. The Morgan fingerprint density at radius 2 is 1.42 bits per heavy atom. The Kier molecular flexibility index (Phi) is 10.5. The lowest BCUT2D eigenvalue weighted by Gasteiger charge is -2.22. The summed E-state index contributed by atoms with van der Waals surface area (Å²) < 4.78 is 0. The predicted molar refractivity (Wildman–Crippen MR) is 97.1 cm³/mol. The van der Waals surface area contributed by atoms with E-state index in [1.807, 2.05) is 27.7 Å². The number of carboxylic acid groups (broad SMARTS) is 1. The minimum atomic E-state index is -1.17. The van der Waals surface area contributed by atoms with Crippen LogP contribution in [-0.4, -0.2) is 53.5 Å². The van der Waals surface area contributed by atoms with Gasteiger partial charge in [-0.05, 0) is 31.6 Å². The molecule has 9 nitrogen and oxygen atoms in total. The second-order valence-corrected chi connectivity index (χ2v) is 7.27. The van der Waals surface area contributed by atoms with Crippen LogP contribution in [0.2, 0.25) is 0 Å². The van der Waals surface area contributed by atoms with Crippen molar-refractivity contribution in [3.63, 3.8) is 0 Å². The molecule has 0 aliphatic carbocycles. The third kappa shape index (κ3) is 9.97. The number of amides is 3. The maximum atomic E-state index is 12.2. The smallest absolute Gasteiger partial charge is 0.325 e. The lowest BCUT2D eigenvalue weighted by molar-refractivity contribution is -0.141. The summed E-state index contributed by atoms with van der Waals surface area (Å²) in [5.41, 5.74) is 5.74. The molecule has 3 amide bonds. The molecule has 0 saturated heterocycles. The largest absolute Gasteiger partial charge is 0.480 e. The van der Waals surface area contributed by atoms with Crippen molar-refractivity contribution in [1.82, 2.24) is 16.0 Å². The Morgan fingerprint density at radius 3 is 1.88 bits per heavy atom. The van der Waals surface area contributed by atoms with E-state index in [4.69, 9.17) is 10.8 Å². The van der Waals surface area contributed by atoms with Crippen LogP contribution in [0.15, 0.2) is 0 Å². The minimum absolute atomic E-state index is 0.0974. The number of aliphatic carboxylic acids is 1. The summed E-state index contributed by atoms with van der Waals surface area (Å²) in [4.78, 5) is 46.9. The topological polar surface area (TPSA) is 151 Å². The van der Waals surface area contributed by atoms with Crippen LogP contribution in [0.4, 0.5) is 0 Å². The summed E-state index contributed by atoms with van der Waals surface area (Å²) >= 11 is 0. The lowest BCUT2D eigenvalue weighted by atomic mass is 10.0. The van der Waals surface area contributed by atoms with Crippen molar-refractivity contribution in [3.8, 4) is 0 Å². The molecule has 9 heteroatoms. The van der Waals surface area contributed by atoms with Gasteiger partial charge in [0.25, 0.3) is 0 Å². The molecule has 0 aliphatic rings. The number of nitrogens with two attached hydrogens (primary N) is 1. The molecular weight excluding hydrogens is 340 g/mol. The van der Waals surface area contributed by atoms with Gasteiger partial charge in [0, 0.05) is 0 Å². The van der Waals surface area contributed by atoms with Gasteiger partial charge in [-0.2, -0.15) is 0 Å². The summed E-state index contributed by atoms with van der Waals surface area (Å²) in [5, 5.41) is 16.2. The van der Waals surface area contributed by atoms with Gasteiger partial charge in [0.1, 0.15) is 12.1 Å². The highest BCUT2D eigenvalue weighted by Gasteiger charge is 2.25. The van der Waals surface area contributed by atoms with Crippen LogP contribution >= 0.6 is 0 Å². The van der Waals surface area contributed by atoms with Crippen molar-refractivity contribution in [2.75, 3.05) is 6.54 Å². The standard InChI is InChI=1S/C17H32N4O5/c1-9(2)6-12(18)15(23)19-8-14(22)21-13(7-10(3)4)16(24)20-11(5)17(25)26/h9-13H,6-8,18H2,1-5H3,(H,19,23)(H,20,24)(H,21,22)(H,25,26)/t11-,12-,13-/m0/s1.